The molecule has 1 aliphatic carbocycles. The number of hydrogen-bond donors (Lipinski definition) is 2. The molecule has 0 aromatic rings. The highest BCUT2D eigenvalue weighted by Crippen LogP contribution is 2.38. The largest absolute Gasteiger partial charge is 0.457 e. The lowest BCUT2D eigenvalue weighted by Crippen LogP contribution is -2.46. The van der Waals surface area contributed by atoms with Gasteiger partial charge in [0.25, 0.3) is 0 Å². The van der Waals surface area contributed by atoms with Crippen LogP contribution >= 0.6 is 22.6 Å². The average Bonchev–Trinajstić information content (AvgIpc) is 2.59. The quantitative estimate of drug-likeness (QED) is 0.400. The minimum absolute atomic E-state index is 0.0976. The maximum absolute atomic E-state index is 12.3. The highest BCUT2D eigenvalue weighted by molar-refractivity contribution is 14.1. The number of aliphatic hydroxyl groups excluding tert-OH is 2. The molecular formula is C13H19IO6. The third-order valence-electron chi connectivity index (χ3n) is 4.13. The molecule has 114 valence electrons. The second kappa shape index (κ2) is 6.15. The van der Waals surface area contributed by atoms with Crippen LogP contribution in [0.5, 0.6) is 0 Å². The van der Waals surface area contributed by atoms with Crippen LogP contribution in [0.2, 0.25) is 0 Å². The molecule has 0 spiro atoms. The number of fused-ring (bicyclic) bond motifs is 2. The van der Waals surface area contributed by atoms with E-state index in [1.54, 1.807) is 0 Å². The van der Waals surface area contributed by atoms with Crippen LogP contribution in [-0.2, 0) is 19.1 Å². The van der Waals surface area contributed by atoms with Crippen LogP contribution < -0.4 is 0 Å². The summed E-state index contributed by atoms with van der Waals surface area (Å²) in [6.45, 7) is 1.75. The maximum Gasteiger partial charge on any atom is 0.322 e. The van der Waals surface area contributed by atoms with Crippen molar-refractivity contribution in [1.29, 1.82) is 0 Å². The molecule has 0 aromatic heterocycles. The summed E-state index contributed by atoms with van der Waals surface area (Å²) in [5.41, 5.74) is 0. The summed E-state index contributed by atoms with van der Waals surface area (Å²) in [5, 5.41) is 19.0. The van der Waals surface area contributed by atoms with E-state index in [4.69, 9.17) is 14.6 Å². The third kappa shape index (κ3) is 2.80. The monoisotopic (exact) mass is 398 g/mol. The molecule has 1 heterocycles. The third-order valence-corrected chi connectivity index (χ3v) is 5.87. The van der Waals surface area contributed by atoms with E-state index >= 15 is 0 Å². The fraction of sp³-hybridized carbons (Fsp3) is 0.846. The predicted octanol–water partition coefficient (Wildman–Crippen LogP) is 0.561. The van der Waals surface area contributed by atoms with Crippen molar-refractivity contribution in [2.45, 2.75) is 54.3 Å². The van der Waals surface area contributed by atoms with E-state index in [2.05, 4.69) is 0 Å². The molecular weight excluding hydrogens is 379 g/mol. The summed E-state index contributed by atoms with van der Waals surface area (Å²) in [6.07, 6.45) is -0.414. The Morgan fingerprint density at radius 1 is 1.55 bits per heavy atom. The van der Waals surface area contributed by atoms with Gasteiger partial charge in [-0.2, -0.15) is 0 Å². The van der Waals surface area contributed by atoms with E-state index in [-0.39, 0.29) is 6.61 Å². The second-order valence-corrected chi connectivity index (χ2v) is 7.38. The van der Waals surface area contributed by atoms with Gasteiger partial charge in [-0.25, -0.2) is 0 Å². The average molecular weight is 398 g/mol. The minimum atomic E-state index is -0.892. The molecule has 2 aliphatic rings. The predicted molar refractivity (Wildman–Crippen MR) is 77.2 cm³/mol. The van der Waals surface area contributed by atoms with Gasteiger partial charge in [0.2, 0.25) is 0 Å². The smallest absolute Gasteiger partial charge is 0.322 e. The van der Waals surface area contributed by atoms with Crippen molar-refractivity contribution >= 4 is 34.5 Å². The number of ether oxygens (including phenoxy) is 2. The maximum atomic E-state index is 12.3. The standard InChI is InChI=1S/C13H19IO6/c1-2-13(14,5-6-15)12(18)19-8-4-3-7-9(16)10(8)20-11(7)17/h7-10,15-16H,2-6H2,1H3. The highest BCUT2D eigenvalue weighted by atomic mass is 127. The topological polar surface area (TPSA) is 93.1 Å². The van der Waals surface area contributed by atoms with Gasteiger partial charge < -0.3 is 19.7 Å². The first kappa shape index (κ1) is 16.0. The van der Waals surface area contributed by atoms with Crippen LogP contribution in [0.15, 0.2) is 0 Å². The van der Waals surface area contributed by atoms with Crippen LogP contribution in [-0.4, -0.2) is 50.5 Å². The van der Waals surface area contributed by atoms with Crippen molar-refractivity contribution in [3.05, 3.63) is 0 Å². The lowest BCUT2D eigenvalue weighted by atomic mass is 9.85. The number of carbonyl (C=O) groups excluding carboxylic acids is 2. The van der Waals surface area contributed by atoms with E-state index in [0.29, 0.717) is 25.7 Å². The van der Waals surface area contributed by atoms with Crippen LogP contribution in [0.1, 0.15) is 32.6 Å². The van der Waals surface area contributed by atoms with E-state index < -0.39 is 39.6 Å². The Balaban J connectivity index is 2.03. The van der Waals surface area contributed by atoms with Crippen molar-refractivity contribution in [2.75, 3.05) is 6.61 Å². The molecule has 1 saturated heterocycles. The molecule has 0 aromatic carbocycles. The Hall–Kier alpha value is -0.410. The number of carbonyl (C=O) groups is 2. The zero-order valence-corrected chi connectivity index (χ0v) is 13.4. The van der Waals surface area contributed by atoms with Gasteiger partial charge in [-0.15, -0.1) is 0 Å². The summed E-state index contributed by atoms with van der Waals surface area (Å²) in [4.78, 5) is 23.8. The lowest BCUT2D eigenvalue weighted by molar-refractivity contribution is -0.167. The molecule has 20 heavy (non-hydrogen) atoms. The van der Waals surface area contributed by atoms with E-state index in [1.165, 1.54) is 0 Å². The van der Waals surface area contributed by atoms with Gasteiger partial charge in [-0.05, 0) is 25.7 Å². The first-order valence-corrected chi connectivity index (χ1v) is 7.90. The Kier molecular flexibility index (Phi) is 4.91. The first-order chi connectivity index (χ1) is 9.42. The van der Waals surface area contributed by atoms with Gasteiger partial charge in [0.1, 0.15) is 15.6 Å². The number of esters is 2. The van der Waals surface area contributed by atoms with Gasteiger partial charge in [0, 0.05) is 6.61 Å². The molecule has 2 rings (SSSR count). The number of halogens is 1. The summed E-state index contributed by atoms with van der Waals surface area (Å²) < 4.78 is 9.77. The van der Waals surface area contributed by atoms with Gasteiger partial charge in [0.05, 0.1) is 5.92 Å². The normalized spacial score (nSPS) is 35.3. The molecule has 1 saturated carbocycles. The first-order valence-electron chi connectivity index (χ1n) is 6.82. The molecule has 5 atom stereocenters. The van der Waals surface area contributed by atoms with Crippen molar-refractivity contribution in [3.63, 3.8) is 0 Å². The fourth-order valence-electron chi connectivity index (χ4n) is 2.72. The van der Waals surface area contributed by atoms with E-state index in [9.17, 15) is 14.7 Å². The molecule has 6 nitrogen and oxygen atoms in total. The van der Waals surface area contributed by atoms with E-state index in [1.807, 2.05) is 29.5 Å². The summed E-state index contributed by atoms with van der Waals surface area (Å²) >= 11 is 2.00. The van der Waals surface area contributed by atoms with Crippen molar-refractivity contribution in [2.24, 2.45) is 5.92 Å². The van der Waals surface area contributed by atoms with Crippen LogP contribution in [0.25, 0.3) is 0 Å². The van der Waals surface area contributed by atoms with Crippen molar-refractivity contribution in [3.8, 4) is 0 Å². The lowest BCUT2D eigenvalue weighted by Gasteiger charge is -2.32. The van der Waals surface area contributed by atoms with Crippen LogP contribution in [0, 0.1) is 5.92 Å². The SMILES string of the molecule is CCC(I)(CCO)C(=O)OC1CCC2C(=O)OC1C2O. The van der Waals surface area contributed by atoms with Gasteiger partial charge >= 0.3 is 11.9 Å². The number of hydrogen-bond acceptors (Lipinski definition) is 6. The Bertz CT molecular complexity index is 400. The minimum Gasteiger partial charge on any atom is -0.457 e. The zero-order valence-electron chi connectivity index (χ0n) is 11.3. The molecule has 0 amide bonds. The van der Waals surface area contributed by atoms with Gasteiger partial charge in [-0.1, -0.05) is 29.5 Å². The van der Waals surface area contributed by atoms with Gasteiger partial charge in [-0.3, -0.25) is 9.59 Å². The van der Waals surface area contributed by atoms with E-state index in [0.717, 1.165) is 0 Å². The van der Waals surface area contributed by atoms with Crippen LogP contribution in [0.3, 0.4) is 0 Å². The molecule has 2 bridgehead atoms. The number of alkyl halides is 1. The molecule has 0 radical (unpaired) electrons. The Labute approximate surface area is 131 Å². The Morgan fingerprint density at radius 3 is 2.85 bits per heavy atom. The molecule has 2 fully saturated rings. The summed E-state index contributed by atoms with van der Waals surface area (Å²) in [7, 11) is 0. The molecule has 5 unspecified atom stereocenters. The Morgan fingerprint density at radius 2 is 2.25 bits per heavy atom. The van der Waals surface area contributed by atoms with Gasteiger partial charge in [0.15, 0.2) is 6.10 Å². The second-order valence-electron chi connectivity index (χ2n) is 5.31. The zero-order chi connectivity index (χ0) is 14.9. The van der Waals surface area contributed by atoms with Crippen molar-refractivity contribution < 1.29 is 29.3 Å². The van der Waals surface area contributed by atoms with Crippen LogP contribution in [0.4, 0.5) is 0 Å². The fourth-order valence-corrected chi connectivity index (χ4v) is 3.09. The number of aliphatic hydroxyl groups is 2. The molecule has 7 heteroatoms. The molecule has 1 aliphatic heterocycles. The summed E-state index contributed by atoms with van der Waals surface area (Å²) in [5.74, 6) is -1.32. The van der Waals surface area contributed by atoms with Crippen molar-refractivity contribution in [1.82, 2.24) is 0 Å². The summed E-state index contributed by atoms with van der Waals surface area (Å²) in [6, 6.07) is 0. The highest BCUT2D eigenvalue weighted by Gasteiger charge is 2.53. The molecule has 2 N–H and O–H groups in total. The number of rotatable bonds is 5.